The van der Waals surface area contributed by atoms with E-state index in [0.717, 1.165) is 77.7 Å². The molecule has 1 saturated carbocycles. The molecule has 4 atom stereocenters. The third kappa shape index (κ3) is 17.0. The molecule has 0 saturated heterocycles. The number of amides is 2. The Morgan fingerprint density at radius 3 is 2.16 bits per heavy atom. The number of rotatable bonds is 22. The molecule has 37 heavy (non-hydrogen) atoms. The second-order valence-corrected chi connectivity index (χ2v) is 11.1. The van der Waals surface area contributed by atoms with Gasteiger partial charge in [0.1, 0.15) is 6.61 Å². The van der Waals surface area contributed by atoms with Crippen LogP contribution in [0.3, 0.4) is 0 Å². The number of unbranched alkanes of at least 4 members (excludes halogenated alkanes) is 2. The molecule has 1 fully saturated rings. The number of carbonyl (C=O) groups excluding carboxylic acids is 2. The number of hydrogen-bond acceptors (Lipinski definition) is 7. The van der Waals surface area contributed by atoms with Gasteiger partial charge >= 0.3 is 0 Å². The molecule has 8 N–H and O–H groups in total. The SMILES string of the molecule is CC1CCC(C(C)C)C(OCC(=O)NCCCCC(N)C(=O)NCCCNCCCCNCCCN)C1. The highest BCUT2D eigenvalue weighted by molar-refractivity contribution is 5.81. The Hall–Kier alpha value is -1.26. The van der Waals surface area contributed by atoms with Crippen molar-refractivity contribution in [2.45, 2.75) is 97.1 Å². The summed E-state index contributed by atoms with van der Waals surface area (Å²) >= 11 is 0. The molecule has 0 aromatic heterocycles. The molecule has 1 aliphatic carbocycles. The van der Waals surface area contributed by atoms with Crippen LogP contribution in [-0.4, -0.2) is 76.4 Å². The molecular weight excluding hydrogens is 468 g/mol. The normalized spacial score (nSPS) is 20.6. The third-order valence-corrected chi connectivity index (χ3v) is 7.34. The van der Waals surface area contributed by atoms with Crippen molar-refractivity contribution >= 4 is 11.8 Å². The van der Waals surface area contributed by atoms with E-state index in [4.69, 9.17) is 16.2 Å². The lowest BCUT2D eigenvalue weighted by Crippen LogP contribution is -2.41. The predicted octanol–water partition coefficient (Wildman–Crippen LogP) is 1.89. The minimum absolute atomic E-state index is 0.0597. The van der Waals surface area contributed by atoms with Gasteiger partial charge in [0.15, 0.2) is 0 Å². The van der Waals surface area contributed by atoms with E-state index in [0.29, 0.717) is 37.3 Å². The summed E-state index contributed by atoms with van der Waals surface area (Å²) in [6.07, 6.45) is 10.1. The molecule has 1 aliphatic rings. The first kappa shape index (κ1) is 33.8. The van der Waals surface area contributed by atoms with Crippen LogP contribution in [0.25, 0.3) is 0 Å². The molecule has 0 aliphatic heterocycles. The molecule has 0 spiro atoms. The van der Waals surface area contributed by atoms with Crippen molar-refractivity contribution < 1.29 is 14.3 Å². The summed E-state index contributed by atoms with van der Waals surface area (Å²) in [5.41, 5.74) is 11.5. The quantitative estimate of drug-likeness (QED) is 0.118. The molecular formula is C28H58N6O3. The van der Waals surface area contributed by atoms with E-state index in [1.165, 1.54) is 12.8 Å². The molecule has 0 radical (unpaired) electrons. The second kappa shape index (κ2) is 21.6. The van der Waals surface area contributed by atoms with Crippen LogP contribution in [0.4, 0.5) is 0 Å². The van der Waals surface area contributed by atoms with Crippen LogP contribution >= 0.6 is 0 Å². The minimum atomic E-state index is -0.500. The molecule has 0 aromatic carbocycles. The zero-order valence-electron chi connectivity index (χ0n) is 24.0. The van der Waals surface area contributed by atoms with Crippen LogP contribution in [0.1, 0.15) is 85.0 Å². The van der Waals surface area contributed by atoms with Crippen LogP contribution in [0.5, 0.6) is 0 Å². The standard InChI is InChI=1S/C28H58N6O3/c1-22(2)24-12-11-23(3)20-26(24)37-21-27(35)33-18-5-4-10-25(30)28(36)34-19-9-17-32-15-7-6-14-31-16-8-13-29/h22-26,31-32H,4-21,29-30H2,1-3H3,(H,33,35)(H,34,36). The smallest absolute Gasteiger partial charge is 0.246 e. The van der Waals surface area contributed by atoms with Gasteiger partial charge in [-0.1, -0.05) is 27.2 Å². The summed E-state index contributed by atoms with van der Waals surface area (Å²) in [7, 11) is 0. The lowest BCUT2D eigenvalue weighted by molar-refractivity contribution is -0.131. The van der Waals surface area contributed by atoms with Gasteiger partial charge in [-0.2, -0.15) is 0 Å². The summed E-state index contributed by atoms with van der Waals surface area (Å²) in [5, 5.41) is 12.7. The van der Waals surface area contributed by atoms with Gasteiger partial charge in [0, 0.05) is 13.1 Å². The molecule has 0 heterocycles. The van der Waals surface area contributed by atoms with Crippen LogP contribution in [0.15, 0.2) is 0 Å². The van der Waals surface area contributed by atoms with Gasteiger partial charge in [0.05, 0.1) is 12.1 Å². The fourth-order valence-corrected chi connectivity index (χ4v) is 4.92. The van der Waals surface area contributed by atoms with Crippen molar-refractivity contribution in [2.75, 3.05) is 52.4 Å². The molecule has 2 amide bonds. The average Bonchev–Trinajstić information content (AvgIpc) is 2.87. The Labute approximate surface area is 226 Å². The average molecular weight is 527 g/mol. The van der Waals surface area contributed by atoms with Gasteiger partial charge in [-0.25, -0.2) is 0 Å². The largest absolute Gasteiger partial charge is 0.368 e. The minimum Gasteiger partial charge on any atom is -0.368 e. The number of nitrogens with two attached hydrogens (primary N) is 2. The van der Waals surface area contributed by atoms with Crippen LogP contribution in [0, 0.1) is 17.8 Å². The maximum absolute atomic E-state index is 12.2. The van der Waals surface area contributed by atoms with E-state index in [2.05, 4.69) is 42.0 Å². The summed E-state index contributed by atoms with van der Waals surface area (Å²) in [5.74, 6) is 1.62. The molecule has 0 aromatic rings. The van der Waals surface area contributed by atoms with Crippen molar-refractivity contribution in [1.82, 2.24) is 21.3 Å². The van der Waals surface area contributed by atoms with Gasteiger partial charge < -0.3 is 37.5 Å². The number of carbonyl (C=O) groups is 2. The summed E-state index contributed by atoms with van der Waals surface area (Å²) < 4.78 is 6.02. The first-order valence-electron chi connectivity index (χ1n) is 14.9. The van der Waals surface area contributed by atoms with Gasteiger partial charge in [0.25, 0.3) is 0 Å². The molecule has 4 unspecified atom stereocenters. The first-order chi connectivity index (χ1) is 17.8. The molecule has 1 rings (SSSR count). The van der Waals surface area contributed by atoms with Gasteiger partial charge in [0.2, 0.25) is 11.8 Å². The number of ether oxygens (including phenoxy) is 1. The molecule has 9 heteroatoms. The maximum atomic E-state index is 12.2. The first-order valence-corrected chi connectivity index (χ1v) is 14.9. The Morgan fingerprint density at radius 2 is 1.49 bits per heavy atom. The Bertz CT molecular complexity index is 592. The fourth-order valence-electron chi connectivity index (χ4n) is 4.92. The van der Waals surface area contributed by atoms with Crippen LogP contribution in [-0.2, 0) is 14.3 Å². The Kier molecular flexibility index (Phi) is 19.8. The highest BCUT2D eigenvalue weighted by Crippen LogP contribution is 2.35. The number of nitrogens with one attached hydrogen (secondary N) is 4. The van der Waals surface area contributed by atoms with Crippen LogP contribution in [0.2, 0.25) is 0 Å². The molecule has 218 valence electrons. The lowest BCUT2D eigenvalue weighted by Gasteiger charge is -2.37. The van der Waals surface area contributed by atoms with Crippen LogP contribution < -0.4 is 32.7 Å². The maximum Gasteiger partial charge on any atom is 0.246 e. The van der Waals surface area contributed by atoms with Crippen molar-refractivity contribution in [3.05, 3.63) is 0 Å². The van der Waals surface area contributed by atoms with E-state index >= 15 is 0 Å². The van der Waals surface area contributed by atoms with Gasteiger partial charge in [-0.15, -0.1) is 0 Å². The third-order valence-electron chi connectivity index (χ3n) is 7.34. The van der Waals surface area contributed by atoms with E-state index < -0.39 is 6.04 Å². The summed E-state index contributed by atoms with van der Waals surface area (Å²) in [4.78, 5) is 24.4. The van der Waals surface area contributed by atoms with E-state index in [1.807, 2.05) is 0 Å². The van der Waals surface area contributed by atoms with E-state index in [1.54, 1.807) is 0 Å². The topological polar surface area (TPSA) is 144 Å². The monoisotopic (exact) mass is 526 g/mol. The fraction of sp³-hybridized carbons (Fsp3) is 0.929. The highest BCUT2D eigenvalue weighted by atomic mass is 16.5. The van der Waals surface area contributed by atoms with Gasteiger partial charge in [-0.05, 0) is 108 Å². The Balaban J connectivity index is 1.97. The van der Waals surface area contributed by atoms with Crippen molar-refractivity contribution in [1.29, 1.82) is 0 Å². The number of hydrogen-bond donors (Lipinski definition) is 6. The van der Waals surface area contributed by atoms with E-state index in [-0.39, 0.29) is 24.5 Å². The summed E-state index contributed by atoms with van der Waals surface area (Å²) in [6.45, 7) is 12.8. The zero-order chi connectivity index (χ0) is 27.3. The van der Waals surface area contributed by atoms with Crippen molar-refractivity contribution in [2.24, 2.45) is 29.2 Å². The second-order valence-electron chi connectivity index (χ2n) is 11.1. The Morgan fingerprint density at radius 1 is 0.865 bits per heavy atom. The lowest BCUT2D eigenvalue weighted by atomic mass is 9.75. The predicted molar refractivity (Wildman–Crippen MR) is 152 cm³/mol. The zero-order valence-corrected chi connectivity index (χ0v) is 24.0. The van der Waals surface area contributed by atoms with Crippen molar-refractivity contribution in [3.8, 4) is 0 Å². The highest BCUT2D eigenvalue weighted by Gasteiger charge is 2.31. The van der Waals surface area contributed by atoms with E-state index in [9.17, 15) is 9.59 Å². The molecule has 0 bridgehead atoms. The van der Waals surface area contributed by atoms with Gasteiger partial charge in [-0.3, -0.25) is 9.59 Å². The molecule has 9 nitrogen and oxygen atoms in total. The summed E-state index contributed by atoms with van der Waals surface area (Å²) in [6, 6.07) is -0.500. The van der Waals surface area contributed by atoms with Crippen molar-refractivity contribution in [3.63, 3.8) is 0 Å².